The van der Waals surface area contributed by atoms with Gasteiger partial charge in [0.1, 0.15) is 11.6 Å². The lowest BCUT2D eigenvalue weighted by molar-refractivity contribution is 0.306. The Balaban J connectivity index is 0.00000242. The lowest BCUT2D eigenvalue weighted by Crippen LogP contribution is -2.33. The summed E-state index contributed by atoms with van der Waals surface area (Å²) in [6, 6.07) is 6.07. The normalized spacial score (nSPS) is 14.9. The third kappa shape index (κ3) is 7.29. The molecule has 1 saturated carbocycles. The van der Waals surface area contributed by atoms with Gasteiger partial charge in [0, 0.05) is 13.1 Å². The van der Waals surface area contributed by atoms with Crippen molar-refractivity contribution in [2.75, 3.05) is 19.7 Å². The van der Waals surface area contributed by atoms with E-state index in [1.165, 1.54) is 31.4 Å². The Hall–Kier alpha value is -1.05. The lowest BCUT2D eigenvalue weighted by atomic mass is 9.86. The standard InChI is InChI=1S/C16H24FN3O.HI/c17-14-6-8-15(9-7-14)21-11-2-1-10-19-16(18)20-12-13-4-3-5-13;/h6-9,13H,1-5,10-12H2,(H3,18,19,20);1H. The zero-order chi connectivity index (χ0) is 14.9. The minimum Gasteiger partial charge on any atom is -0.494 e. The van der Waals surface area contributed by atoms with Gasteiger partial charge in [-0.15, -0.1) is 24.0 Å². The maximum atomic E-state index is 12.7. The van der Waals surface area contributed by atoms with Crippen molar-refractivity contribution in [1.82, 2.24) is 5.32 Å². The van der Waals surface area contributed by atoms with Crippen molar-refractivity contribution in [2.24, 2.45) is 16.6 Å². The fourth-order valence-electron chi connectivity index (χ4n) is 2.12. The van der Waals surface area contributed by atoms with Gasteiger partial charge in [-0.05, 0) is 55.9 Å². The molecule has 0 amide bonds. The van der Waals surface area contributed by atoms with Crippen LogP contribution in [0, 0.1) is 11.7 Å². The smallest absolute Gasteiger partial charge is 0.188 e. The summed E-state index contributed by atoms with van der Waals surface area (Å²) in [6.07, 6.45) is 5.79. The van der Waals surface area contributed by atoms with Crippen LogP contribution >= 0.6 is 24.0 Å². The zero-order valence-electron chi connectivity index (χ0n) is 12.8. The first kappa shape index (κ1) is 19.0. The third-order valence-electron chi connectivity index (χ3n) is 3.70. The summed E-state index contributed by atoms with van der Waals surface area (Å²) >= 11 is 0. The van der Waals surface area contributed by atoms with Gasteiger partial charge in [-0.3, -0.25) is 4.99 Å². The molecular formula is C16H25FIN3O. The van der Waals surface area contributed by atoms with Gasteiger partial charge in [-0.2, -0.15) is 0 Å². The van der Waals surface area contributed by atoms with Gasteiger partial charge < -0.3 is 15.8 Å². The molecule has 0 atom stereocenters. The van der Waals surface area contributed by atoms with Crippen LogP contribution in [0.15, 0.2) is 29.3 Å². The number of nitrogens with two attached hydrogens (primary N) is 1. The molecule has 124 valence electrons. The van der Waals surface area contributed by atoms with Crippen LogP contribution in [-0.2, 0) is 0 Å². The molecule has 0 unspecified atom stereocenters. The summed E-state index contributed by atoms with van der Waals surface area (Å²) in [6.45, 7) is 2.27. The SMILES string of the molecule is I.NC(=NCC1CCC1)NCCCCOc1ccc(F)cc1. The maximum Gasteiger partial charge on any atom is 0.188 e. The predicted molar refractivity (Wildman–Crippen MR) is 98.4 cm³/mol. The number of rotatable bonds is 8. The van der Waals surface area contributed by atoms with E-state index in [-0.39, 0.29) is 29.8 Å². The molecule has 0 aromatic heterocycles. The Morgan fingerprint density at radius 1 is 1.27 bits per heavy atom. The fourth-order valence-corrected chi connectivity index (χ4v) is 2.12. The third-order valence-corrected chi connectivity index (χ3v) is 3.70. The van der Waals surface area contributed by atoms with Crippen molar-refractivity contribution in [3.63, 3.8) is 0 Å². The Bertz CT molecular complexity index is 449. The highest BCUT2D eigenvalue weighted by Gasteiger charge is 2.16. The van der Waals surface area contributed by atoms with Gasteiger partial charge in [0.2, 0.25) is 0 Å². The summed E-state index contributed by atoms with van der Waals surface area (Å²) in [5, 5.41) is 3.11. The number of unbranched alkanes of at least 4 members (excludes halogenated alkanes) is 1. The van der Waals surface area contributed by atoms with E-state index in [4.69, 9.17) is 10.5 Å². The van der Waals surface area contributed by atoms with Crippen LogP contribution in [0.25, 0.3) is 0 Å². The molecule has 0 aliphatic heterocycles. The Labute approximate surface area is 148 Å². The van der Waals surface area contributed by atoms with Crippen molar-refractivity contribution in [1.29, 1.82) is 0 Å². The number of halogens is 2. The highest BCUT2D eigenvalue weighted by atomic mass is 127. The highest BCUT2D eigenvalue weighted by molar-refractivity contribution is 14.0. The quantitative estimate of drug-likeness (QED) is 0.293. The molecule has 0 spiro atoms. The predicted octanol–water partition coefficient (Wildman–Crippen LogP) is 3.31. The molecule has 1 fully saturated rings. The molecular weight excluding hydrogens is 396 g/mol. The van der Waals surface area contributed by atoms with Gasteiger partial charge in [-0.1, -0.05) is 6.42 Å². The van der Waals surface area contributed by atoms with Crippen LogP contribution in [0.3, 0.4) is 0 Å². The molecule has 4 nitrogen and oxygen atoms in total. The van der Waals surface area contributed by atoms with Crippen molar-refractivity contribution in [2.45, 2.75) is 32.1 Å². The minimum absolute atomic E-state index is 0. The van der Waals surface area contributed by atoms with Crippen LogP contribution in [0.1, 0.15) is 32.1 Å². The molecule has 0 radical (unpaired) electrons. The molecule has 1 aliphatic rings. The van der Waals surface area contributed by atoms with Crippen LogP contribution < -0.4 is 15.8 Å². The number of hydrogen-bond acceptors (Lipinski definition) is 2. The van der Waals surface area contributed by atoms with Gasteiger partial charge in [0.15, 0.2) is 5.96 Å². The van der Waals surface area contributed by atoms with Crippen LogP contribution in [0.5, 0.6) is 5.75 Å². The first-order chi connectivity index (χ1) is 10.2. The topological polar surface area (TPSA) is 59.6 Å². The highest BCUT2D eigenvalue weighted by Crippen LogP contribution is 2.26. The van der Waals surface area contributed by atoms with Crippen molar-refractivity contribution >= 4 is 29.9 Å². The number of ether oxygens (including phenoxy) is 1. The molecule has 2 rings (SSSR count). The number of guanidine groups is 1. The van der Waals surface area contributed by atoms with Gasteiger partial charge in [0.25, 0.3) is 0 Å². The number of aliphatic imine (C=N–C) groups is 1. The van der Waals surface area contributed by atoms with Crippen molar-refractivity contribution in [3.8, 4) is 5.75 Å². The second-order valence-electron chi connectivity index (χ2n) is 5.46. The van der Waals surface area contributed by atoms with E-state index in [1.807, 2.05) is 0 Å². The second-order valence-corrected chi connectivity index (χ2v) is 5.46. The summed E-state index contributed by atoms with van der Waals surface area (Å²) < 4.78 is 18.2. The van der Waals surface area contributed by atoms with E-state index in [0.29, 0.717) is 18.3 Å². The molecule has 6 heteroatoms. The molecule has 0 saturated heterocycles. The zero-order valence-corrected chi connectivity index (χ0v) is 15.1. The summed E-state index contributed by atoms with van der Waals surface area (Å²) in [7, 11) is 0. The van der Waals surface area contributed by atoms with E-state index in [9.17, 15) is 4.39 Å². The summed E-state index contributed by atoms with van der Waals surface area (Å²) in [5.41, 5.74) is 5.79. The van der Waals surface area contributed by atoms with E-state index in [2.05, 4.69) is 10.3 Å². The first-order valence-electron chi connectivity index (χ1n) is 7.66. The van der Waals surface area contributed by atoms with Crippen LogP contribution in [0.4, 0.5) is 4.39 Å². The van der Waals surface area contributed by atoms with Gasteiger partial charge in [-0.25, -0.2) is 4.39 Å². The number of benzene rings is 1. The lowest BCUT2D eigenvalue weighted by Gasteiger charge is -2.23. The van der Waals surface area contributed by atoms with Gasteiger partial charge in [0.05, 0.1) is 6.61 Å². The largest absolute Gasteiger partial charge is 0.494 e. The van der Waals surface area contributed by atoms with Crippen molar-refractivity contribution in [3.05, 3.63) is 30.1 Å². The van der Waals surface area contributed by atoms with E-state index in [1.54, 1.807) is 12.1 Å². The molecule has 1 aliphatic carbocycles. The molecule has 3 N–H and O–H groups in total. The number of nitrogens with one attached hydrogen (secondary N) is 1. The summed E-state index contributed by atoms with van der Waals surface area (Å²) in [4.78, 5) is 4.34. The number of hydrogen-bond donors (Lipinski definition) is 2. The van der Waals surface area contributed by atoms with Crippen LogP contribution in [-0.4, -0.2) is 25.7 Å². The van der Waals surface area contributed by atoms with E-state index >= 15 is 0 Å². The Morgan fingerprint density at radius 3 is 2.64 bits per heavy atom. The average Bonchev–Trinajstić information content (AvgIpc) is 2.43. The minimum atomic E-state index is -0.247. The Morgan fingerprint density at radius 2 is 2.00 bits per heavy atom. The monoisotopic (exact) mass is 421 g/mol. The average molecular weight is 421 g/mol. The second kappa shape index (κ2) is 10.6. The van der Waals surface area contributed by atoms with Gasteiger partial charge >= 0.3 is 0 Å². The van der Waals surface area contributed by atoms with Crippen LogP contribution in [0.2, 0.25) is 0 Å². The molecule has 1 aromatic rings. The Kier molecular flexibility index (Phi) is 9.19. The molecule has 22 heavy (non-hydrogen) atoms. The van der Waals surface area contributed by atoms with E-state index < -0.39 is 0 Å². The summed E-state index contributed by atoms with van der Waals surface area (Å²) in [5.74, 6) is 1.74. The molecule has 0 bridgehead atoms. The van der Waals surface area contributed by atoms with Crippen molar-refractivity contribution < 1.29 is 9.13 Å². The first-order valence-corrected chi connectivity index (χ1v) is 7.66. The maximum absolute atomic E-state index is 12.7. The fraction of sp³-hybridized carbons (Fsp3) is 0.562. The molecule has 1 aromatic carbocycles. The molecule has 0 heterocycles. The number of nitrogens with zero attached hydrogens (tertiary/aromatic N) is 1. The van der Waals surface area contributed by atoms with E-state index in [0.717, 1.165) is 31.8 Å².